The number of hydrogen-bond acceptors (Lipinski definition) is 4. The second-order valence-electron chi connectivity index (χ2n) is 5.64. The lowest BCUT2D eigenvalue weighted by Crippen LogP contribution is -2.30. The van der Waals surface area contributed by atoms with Gasteiger partial charge in [0.25, 0.3) is 0 Å². The number of nitrogens with zero attached hydrogens (tertiary/aromatic N) is 1. The summed E-state index contributed by atoms with van der Waals surface area (Å²) in [4.78, 5) is 13.7. The van der Waals surface area contributed by atoms with Gasteiger partial charge in [0.2, 0.25) is 5.43 Å². The number of nitrogens with one attached hydrogen (secondary N) is 1. The molecular formula is C19H40N2OS. The second kappa shape index (κ2) is 14.7. The average molecular weight is 345 g/mol. The van der Waals surface area contributed by atoms with Crippen LogP contribution in [-0.2, 0) is 0 Å². The lowest BCUT2D eigenvalue weighted by atomic mass is 9.92. The Morgan fingerprint density at radius 3 is 1.83 bits per heavy atom. The molecule has 0 heterocycles. The molecule has 3 nitrogen and oxygen atoms in total. The minimum absolute atomic E-state index is 0.0144. The van der Waals surface area contributed by atoms with Crippen LogP contribution in [0.2, 0.25) is 0 Å². The smallest absolute Gasteiger partial charge is 0.223 e. The van der Waals surface area contributed by atoms with Crippen molar-refractivity contribution in [2.24, 2.45) is 5.41 Å². The van der Waals surface area contributed by atoms with Crippen LogP contribution in [0, 0.1) is 9.93 Å². The number of hydrogen-bond donors (Lipinski definition) is 1. The predicted octanol–water partition coefficient (Wildman–Crippen LogP) is 6.03. The molecule has 0 amide bonds. The molecule has 0 spiro atoms. The van der Waals surface area contributed by atoms with Gasteiger partial charge in [-0.15, -0.1) is 0 Å². The van der Waals surface area contributed by atoms with Crippen LogP contribution in [0.3, 0.4) is 0 Å². The van der Waals surface area contributed by atoms with Crippen LogP contribution in [0.5, 0.6) is 0 Å². The molecule has 1 aromatic carbocycles. The minimum Gasteiger partial charge on any atom is -0.380 e. The molecule has 1 aromatic rings. The Morgan fingerprint density at radius 2 is 1.48 bits per heavy atom. The van der Waals surface area contributed by atoms with Crippen molar-refractivity contribution >= 4 is 23.6 Å². The fourth-order valence-corrected chi connectivity index (χ4v) is 2.06. The first-order chi connectivity index (χ1) is 10.8. The highest BCUT2D eigenvalue weighted by Gasteiger charge is 2.21. The summed E-state index contributed by atoms with van der Waals surface area (Å²) >= 11 is 5.11. The van der Waals surface area contributed by atoms with Crippen molar-refractivity contribution in [1.82, 2.24) is 0 Å². The Bertz CT molecular complexity index is 454. The molecule has 0 aromatic heterocycles. The SMILES string of the molecule is CC.CC.CC.CCNc1c(N(C)CCC(C)(C)C)c(=S)c1=O. The van der Waals surface area contributed by atoms with Crippen LogP contribution in [0.25, 0.3) is 0 Å². The Balaban J connectivity index is -0.000000595. The van der Waals surface area contributed by atoms with Gasteiger partial charge in [0.1, 0.15) is 10.2 Å². The van der Waals surface area contributed by atoms with E-state index in [0.717, 1.165) is 25.2 Å². The van der Waals surface area contributed by atoms with Crippen molar-refractivity contribution in [3.8, 4) is 0 Å². The number of anilines is 2. The summed E-state index contributed by atoms with van der Waals surface area (Å²) in [6.45, 7) is 22.3. The van der Waals surface area contributed by atoms with E-state index in [-0.39, 0.29) is 5.43 Å². The van der Waals surface area contributed by atoms with E-state index in [9.17, 15) is 4.79 Å². The van der Waals surface area contributed by atoms with Crippen molar-refractivity contribution in [2.45, 2.75) is 75.7 Å². The first-order valence-electron chi connectivity index (χ1n) is 9.06. The average Bonchev–Trinajstić information content (AvgIpc) is 2.57. The van der Waals surface area contributed by atoms with Crippen LogP contribution in [-0.4, -0.2) is 20.1 Å². The maximum Gasteiger partial charge on any atom is 0.223 e. The van der Waals surface area contributed by atoms with Crippen LogP contribution < -0.4 is 15.6 Å². The molecule has 0 fully saturated rings. The molecule has 0 unspecified atom stereocenters. The van der Waals surface area contributed by atoms with E-state index >= 15 is 0 Å². The lowest BCUT2D eigenvalue weighted by Gasteiger charge is -2.28. The highest BCUT2D eigenvalue weighted by molar-refractivity contribution is 7.71. The predicted molar refractivity (Wildman–Crippen MR) is 111 cm³/mol. The monoisotopic (exact) mass is 344 g/mol. The van der Waals surface area contributed by atoms with E-state index in [0.29, 0.717) is 15.6 Å². The first kappa shape index (κ1) is 27.0. The fraction of sp³-hybridized carbons (Fsp3) is 0.789. The van der Waals surface area contributed by atoms with Gasteiger partial charge < -0.3 is 10.2 Å². The largest absolute Gasteiger partial charge is 0.380 e. The zero-order valence-corrected chi connectivity index (χ0v) is 18.2. The van der Waals surface area contributed by atoms with Gasteiger partial charge in [-0.25, -0.2) is 0 Å². The molecule has 0 radical (unpaired) electrons. The highest BCUT2D eigenvalue weighted by Crippen LogP contribution is 2.28. The van der Waals surface area contributed by atoms with E-state index in [4.69, 9.17) is 12.2 Å². The Kier molecular flexibility index (Phi) is 17.2. The van der Waals surface area contributed by atoms with E-state index < -0.39 is 0 Å². The quantitative estimate of drug-likeness (QED) is 0.660. The van der Waals surface area contributed by atoms with Crippen LogP contribution >= 0.6 is 12.2 Å². The summed E-state index contributed by atoms with van der Waals surface area (Å²) in [6.07, 6.45) is 1.07. The van der Waals surface area contributed by atoms with Crippen molar-refractivity contribution in [3.05, 3.63) is 14.7 Å². The summed E-state index contributed by atoms with van der Waals surface area (Å²) < 4.78 is 0.470. The van der Waals surface area contributed by atoms with Gasteiger partial charge in [-0.2, -0.15) is 0 Å². The molecule has 0 bridgehead atoms. The van der Waals surface area contributed by atoms with Gasteiger partial charge in [0.05, 0.1) is 5.69 Å². The molecule has 0 saturated carbocycles. The molecule has 0 aliphatic carbocycles. The third-order valence-electron chi connectivity index (χ3n) is 2.82. The zero-order valence-electron chi connectivity index (χ0n) is 17.4. The highest BCUT2D eigenvalue weighted by atomic mass is 32.1. The summed E-state index contributed by atoms with van der Waals surface area (Å²) in [5.41, 5.74) is 1.88. The maximum absolute atomic E-state index is 11.6. The first-order valence-corrected chi connectivity index (χ1v) is 9.47. The summed E-state index contributed by atoms with van der Waals surface area (Å²) in [5.74, 6) is 0. The van der Waals surface area contributed by atoms with Crippen molar-refractivity contribution in [2.75, 3.05) is 30.4 Å². The van der Waals surface area contributed by atoms with E-state index in [1.165, 1.54) is 0 Å². The summed E-state index contributed by atoms with van der Waals surface area (Å²) in [5, 5.41) is 3.09. The van der Waals surface area contributed by atoms with Gasteiger partial charge in [0, 0.05) is 20.1 Å². The van der Waals surface area contributed by atoms with Gasteiger partial charge >= 0.3 is 0 Å². The van der Waals surface area contributed by atoms with Crippen molar-refractivity contribution < 1.29 is 0 Å². The molecule has 0 atom stereocenters. The Hall–Kier alpha value is -0.900. The molecule has 0 saturated heterocycles. The van der Waals surface area contributed by atoms with E-state index in [1.54, 1.807) is 0 Å². The molecule has 0 aliphatic heterocycles. The van der Waals surface area contributed by atoms with Crippen LogP contribution in [0.4, 0.5) is 11.4 Å². The van der Waals surface area contributed by atoms with Gasteiger partial charge in [0.15, 0.2) is 0 Å². The lowest BCUT2D eigenvalue weighted by molar-refractivity contribution is 0.381. The third-order valence-corrected chi connectivity index (χ3v) is 3.20. The zero-order chi connectivity index (χ0) is 19.2. The third kappa shape index (κ3) is 9.75. The topological polar surface area (TPSA) is 32.3 Å². The molecule has 0 aliphatic rings. The Morgan fingerprint density at radius 1 is 1.04 bits per heavy atom. The minimum atomic E-state index is -0.0144. The standard InChI is InChI=1S/C13H22N2OS.3C2H6/c1-6-14-9-10(12(17)11(9)16)15(5)8-7-13(2,3)4;3*1-2/h14H,6-8H2,1-5H3;3*1-2H3. The maximum atomic E-state index is 11.6. The number of rotatable bonds is 5. The molecule has 23 heavy (non-hydrogen) atoms. The Labute approximate surface area is 150 Å². The van der Waals surface area contributed by atoms with Crippen molar-refractivity contribution in [1.29, 1.82) is 0 Å². The molecule has 138 valence electrons. The van der Waals surface area contributed by atoms with E-state index in [2.05, 4.69) is 31.0 Å². The second-order valence-corrected chi connectivity index (χ2v) is 6.05. The van der Waals surface area contributed by atoms with Crippen LogP contribution in [0.15, 0.2) is 4.79 Å². The van der Waals surface area contributed by atoms with Gasteiger partial charge in [-0.3, -0.25) is 4.79 Å². The molecular weight excluding hydrogens is 304 g/mol. The summed E-state index contributed by atoms with van der Waals surface area (Å²) in [6, 6.07) is 0. The van der Waals surface area contributed by atoms with Crippen molar-refractivity contribution in [3.63, 3.8) is 0 Å². The molecule has 4 heteroatoms. The normalized spacial score (nSPS) is 9.52. The summed E-state index contributed by atoms with van der Waals surface area (Å²) in [7, 11) is 2.00. The molecule has 1 N–H and O–H groups in total. The molecule has 1 rings (SSSR count). The fourth-order valence-electron chi connectivity index (χ4n) is 1.70. The van der Waals surface area contributed by atoms with E-state index in [1.807, 2.05) is 55.5 Å². The van der Waals surface area contributed by atoms with Gasteiger partial charge in [-0.05, 0) is 18.8 Å². The van der Waals surface area contributed by atoms with Crippen LogP contribution in [0.1, 0.15) is 75.7 Å². The van der Waals surface area contributed by atoms with Gasteiger partial charge in [-0.1, -0.05) is 74.5 Å².